The molecule has 0 saturated carbocycles. The van der Waals surface area contributed by atoms with Crippen molar-refractivity contribution in [3.8, 4) is 0 Å². The van der Waals surface area contributed by atoms with Crippen molar-refractivity contribution in [2.45, 2.75) is 6.54 Å². The fourth-order valence-corrected chi connectivity index (χ4v) is 1.08. The zero-order valence-corrected chi connectivity index (χ0v) is 8.16. The van der Waals surface area contributed by atoms with Crippen molar-refractivity contribution in [1.82, 2.24) is 9.97 Å². The Hall–Kier alpha value is -2.44. The maximum absolute atomic E-state index is 10.3. The lowest BCUT2D eigenvalue weighted by Gasteiger charge is -2.00. The summed E-state index contributed by atoms with van der Waals surface area (Å²) in [6, 6.07) is 1.80. The van der Waals surface area contributed by atoms with E-state index in [1.807, 2.05) is 0 Å². The van der Waals surface area contributed by atoms with Gasteiger partial charge in [0.2, 0.25) is 5.95 Å². The minimum absolute atomic E-state index is 0.131. The Morgan fingerprint density at radius 1 is 1.44 bits per heavy atom. The van der Waals surface area contributed by atoms with Gasteiger partial charge in [-0.1, -0.05) is 0 Å². The minimum atomic E-state index is -0.542. The van der Waals surface area contributed by atoms with Crippen LogP contribution < -0.4 is 5.32 Å². The first kappa shape index (κ1) is 10.1. The molecule has 2 heterocycles. The standard InChI is InChI=1S/C9H8N4O3/c14-13(15)8-4-11-9(12-5-8)10-3-7-1-2-16-6-7/h1-2,4-6H,3H2,(H,10,11,12). The molecule has 0 bridgehead atoms. The summed E-state index contributed by atoms with van der Waals surface area (Å²) < 4.78 is 4.88. The van der Waals surface area contributed by atoms with Crippen molar-refractivity contribution in [1.29, 1.82) is 0 Å². The SMILES string of the molecule is O=[N+]([O-])c1cnc(NCc2ccoc2)nc1. The van der Waals surface area contributed by atoms with Gasteiger partial charge in [0.15, 0.2) is 0 Å². The highest BCUT2D eigenvalue weighted by atomic mass is 16.6. The summed E-state index contributed by atoms with van der Waals surface area (Å²) in [6.07, 6.45) is 5.47. The van der Waals surface area contributed by atoms with E-state index in [4.69, 9.17) is 4.42 Å². The summed E-state index contributed by atoms with van der Waals surface area (Å²) in [4.78, 5) is 17.4. The molecule has 0 saturated heterocycles. The lowest BCUT2D eigenvalue weighted by molar-refractivity contribution is -0.385. The molecule has 2 aromatic heterocycles. The third kappa shape index (κ3) is 2.32. The van der Waals surface area contributed by atoms with Gasteiger partial charge in [-0.15, -0.1) is 0 Å². The number of rotatable bonds is 4. The van der Waals surface area contributed by atoms with Gasteiger partial charge in [-0.05, 0) is 6.07 Å². The number of furan rings is 1. The third-order valence-corrected chi connectivity index (χ3v) is 1.88. The van der Waals surface area contributed by atoms with E-state index in [1.54, 1.807) is 18.6 Å². The maximum Gasteiger partial charge on any atom is 0.305 e. The van der Waals surface area contributed by atoms with E-state index in [1.165, 1.54) is 0 Å². The minimum Gasteiger partial charge on any atom is -0.472 e. The van der Waals surface area contributed by atoms with Gasteiger partial charge >= 0.3 is 5.69 Å². The highest BCUT2D eigenvalue weighted by Gasteiger charge is 2.06. The van der Waals surface area contributed by atoms with Crippen molar-refractivity contribution < 1.29 is 9.34 Å². The Balaban J connectivity index is 1.98. The predicted molar refractivity (Wildman–Crippen MR) is 54.7 cm³/mol. The van der Waals surface area contributed by atoms with E-state index in [2.05, 4.69) is 15.3 Å². The molecule has 0 spiro atoms. The second-order valence-electron chi connectivity index (χ2n) is 3.01. The molecular formula is C9H8N4O3. The zero-order chi connectivity index (χ0) is 11.4. The molecule has 0 aromatic carbocycles. The number of nitro groups is 1. The lowest BCUT2D eigenvalue weighted by atomic mass is 10.3. The van der Waals surface area contributed by atoms with E-state index < -0.39 is 4.92 Å². The van der Waals surface area contributed by atoms with Crippen molar-refractivity contribution in [2.75, 3.05) is 5.32 Å². The van der Waals surface area contributed by atoms with Crippen LogP contribution in [0.15, 0.2) is 35.4 Å². The summed E-state index contributed by atoms with van der Waals surface area (Å²) in [7, 11) is 0. The predicted octanol–water partition coefficient (Wildman–Crippen LogP) is 1.59. The van der Waals surface area contributed by atoms with Gasteiger partial charge < -0.3 is 9.73 Å². The highest BCUT2D eigenvalue weighted by Crippen LogP contribution is 2.09. The molecule has 0 aliphatic heterocycles. The lowest BCUT2D eigenvalue weighted by Crippen LogP contribution is -2.03. The highest BCUT2D eigenvalue weighted by molar-refractivity contribution is 5.31. The van der Waals surface area contributed by atoms with Gasteiger partial charge in [-0.3, -0.25) is 10.1 Å². The topological polar surface area (TPSA) is 94.1 Å². The molecule has 0 unspecified atom stereocenters. The molecule has 82 valence electrons. The summed E-state index contributed by atoms with van der Waals surface area (Å²) >= 11 is 0. The molecule has 0 aliphatic rings. The third-order valence-electron chi connectivity index (χ3n) is 1.88. The van der Waals surface area contributed by atoms with Crippen LogP contribution in [0.1, 0.15) is 5.56 Å². The largest absolute Gasteiger partial charge is 0.472 e. The van der Waals surface area contributed by atoms with Crippen molar-refractivity contribution in [2.24, 2.45) is 0 Å². The number of nitrogens with zero attached hydrogens (tertiary/aromatic N) is 3. The van der Waals surface area contributed by atoms with Gasteiger partial charge in [-0.2, -0.15) is 0 Å². The van der Waals surface area contributed by atoms with Crippen molar-refractivity contribution in [3.63, 3.8) is 0 Å². The molecular weight excluding hydrogens is 212 g/mol. The van der Waals surface area contributed by atoms with Gasteiger partial charge in [0.1, 0.15) is 12.4 Å². The quantitative estimate of drug-likeness (QED) is 0.621. The van der Waals surface area contributed by atoms with Crippen LogP contribution >= 0.6 is 0 Å². The summed E-state index contributed by atoms with van der Waals surface area (Å²) in [5.74, 6) is 0.340. The van der Waals surface area contributed by atoms with Crippen LogP contribution in [0.5, 0.6) is 0 Å². The van der Waals surface area contributed by atoms with Crippen LogP contribution in [0, 0.1) is 10.1 Å². The van der Waals surface area contributed by atoms with Gasteiger partial charge in [-0.25, -0.2) is 9.97 Å². The van der Waals surface area contributed by atoms with Crippen LogP contribution in [0.2, 0.25) is 0 Å². The molecule has 2 aromatic rings. The fourth-order valence-electron chi connectivity index (χ4n) is 1.08. The van der Waals surface area contributed by atoms with E-state index in [9.17, 15) is 10.1 Å². The average Bonchev–Trinajstić information content (AvgIpc) is 2.80. The summed E-state index contributed by atoms with van der Waals surface area (Å²) in [5.41, 5.74) is 0.816. The molecule has 0 aliphatic carbocycles. The molecule has 0 amide bonds. The zero-order valence-electron chi connectivity index (χ0n) is 8.16. The van der Waals surface area contributed by atoms with E-state index in [0.29, 0.717) is 12.5 Å². The van der Waals surface area contributed by atoms with Crippen LogP contribution in [0.4, 0.5) is 11.6 Å². The van der Waals surface area contributed by atoms with E-state index >= 15 is 0 Å². The number of aromatic nitrogens is 2. The Morgan fingerprint density at radius 3 is 2.75 bits per heavy atom. The van der Waals surface area contributed by atoms with Crippen molar-refractivity contribution >= 4 is 11.6 Å². The van der Waals surface area contributed by atoms with Gasteiger partial charge in [0.05, 0.1) is 17.4 Å². The second-order valence-corrected chi connectivity index (χ2v) is 3.01. The van der Waals surface area contributed by atoms with Crippen LogP contribution in [-0.2, 0) is 6.54 Å². The number of hydrogen-bond donors (Lipinski definition) is 1. The first-order valence-electron chi connectivity index (χ1n) is 4.47. The summed E-state index contributed by atoms with van der Waals surface area (Å²) in [6.45, 7) is 0.508. The van der Waals surface area contributed by atoms with E-state index in [-0.39, 0.29) is 5.69 Å². The molecule has 1 N–H and O–H groups in total. The Kier molecular flexibility index (Phi) is 2.77. The molecule has 2 rings (SSSR count). The molecule has 7 nitrogen and oxygen atoms in total. The number of hydrogen-bond acceptors (Lipinski definition) is 6. The monoisotopic (exact) mass is 220 g/mol. The summed E-state index contributed by atoms with van der Waals surface area (Å²) in [5, 5.41) is 13.3. The molecule has 7 heteroatoms. The Morgan fingerprint density at radius 2 is 2.19 bits per heavy atom. The normalized spacial score (nSPS) is 10.0. The van der Waals surface area contributed by atoms with Gasteiger partial charge in [0, 0.05) is 12.1 Å². The molecule has 16 heavy (non-hydrogen) atoms. The Labute approximate surface area is 90.3 Å². The van der Waals surface area contributed by atoms with Crippen LogP contribution in [0.3, 0.4) is 0 Å². The van der Waals surface area contributed by atoms with Gasteiger partial charge in [0.25, 0.3) is 0 Å². The second kappa shape index (κ2) is 4.39. The molecule has 0 radical (unpaired) electrons. The van der Waals surface area contributed by atoms with Crippen LogP contribution in [0.25, 0.3) is 0 Å². The van der Waals surface area contributed by atoms with Crippen molar-refractivity contribution in [3.05, 3.63) is 46.7 Å². The number of anilines is 1. The average molecular weight is 220 g/mol. The number of nitrogens with one attached hydrogen (secondary N) is 1. The molecule has 0 fully saturated rings. The maximum atomic E-state index is 10.3. The van der Waals surface area contributed by atoms with E-state index in [0.717, 1.165) is 18.0 Å². The smallest absolute Gasteiger partial charge is 0.305 e. The molecule has 0 atom stereocenters. The Bertz CT molecular complexity index is 466. The first-order valence-corrected chi connectivity index (χ1v) is 4.47. The first-order chi connectivity index (χ1) is 7.75. The van der Waals surface area contributed by atoms with Crippen LogP contribution in [-0.4, -0.2) is 14.9 Å². The fraction of sp³-hybridized carbons (Fsp3) is 0.111.